The van der Waals surface area contributed by atoms with E-state index in [0.717, 1.165) is 16.7 Å². The topological polar surface area (TPSA) is 57.6 Å². The lowest BCUT2D eigenvalue weighted by molar-refractivity contribution is -0.141. The van der Waals surface area contributed by atoms with Crippen LogP contribution in [0.3, 0.4) is 0 Å². The highest BCUT2D eigenvalue weighted by Crippen LogP contribution is 2.30. The maximum absolute atomic E-state index is 12.7. The molecule has 0 saturated heterocycles. The molecule has 2 unspecified atom stereocenters. The monoisotopic (exact) mass is 323 g/mol. The van der Waals surface area contributed by atoms with E-state index in [1.54, 1.807) is 4.90 Å². The zero-order chi connectivity index (χ0) is 17.1. The molecule has 1 N–H and O–H groups in total. The number of amides is 1. The number of hydrogen-bond acceptors (Lipinski definition) is 2. The van der Waals surface area contributed by atoms with Crippen molar-refractivity contribution >= 4 is 11.9 Å². The zero-order valence-corrected chi connectivity index (χ0v) is 13.7. The molecule has 1 heterocycles. The molecule has 2 atom stereocenters. The Morgan fingerprint density at radius 3 is 2.50 bits per heavy atom. The van der Waals surface area contributed by atoms with E-state index in [1.165, 1.54) is 0 Å². The molecule has 0 radical (unpaired) electrons. The Hall–Kier alpha value is -2.62. The van der Waals surface area contributed by atoms with Crippen LogP contribution in [0.4, 0.5) is 0 Å². The molecule has 1 aliphatic rings. The molecule has 0 fully saturated rings. The molecule has 4 heteroatoms. The number of aliphatic carboxylic acids is 1. The summed E-state index contributed by atoms with van der Waals surface area (Å²) in [5, 5.41) is 9.51. The lowest BCUT2D eigenvalue weighted by atomic mass is 9.89. The first-order valence-corrected chi connectivity index (χ1v) is 8.19. The fourth-order valence-electron chi connectivity index (χ4n) is 3.30. The zero-order valence-electron chi connectivity index (χ0n) is 13.7. The molecular weight excluding hydrogens is 302 g/mol. The normalized spacial score (nSPS) is 17.9. The standard InChI is InChI=1S/C20H21NO3/c1-14(15-7-3-2-4-8-15)11-19(22)21-12-16-9-5-6-10-17(16)18(13-21)20(23)24/h2-10,14,18H,11-13H2,1H3,(H,23,24). The summed E-state index contributed by atoms with van der Waals surface area (Å²) in [4.78, 5) is 26.0. The second-order valence-electron chi connectivity index (χ2n) is 6.38. The summed E-state index contributed by atoms with van der Waals surface area (Å²) < 4.78 is 0. The van der Waals surface area contributed by atoms with Gasteiger partial charge in [0.1, 0.15) is 0 Å². The molecule has 0 spiro atoms. The van der Waals surface area contributed by atoms with E-state index in [9.17, 15) is 14.7 Å². The minimum absolute atomic E-state index is 0.00658. The van der Waals surface area contributed by atoms with Crippen LogP contribution in [0.1, 0.15) is 41.9 Å². The summed E-state index contributed by atoms with van der Waals surface area (Å²) in [5.74, 6) is -1.41. The van der Waals surface area contributed by atoms with Gasteiger partial charge in [-0.3, -0.25) is 9.59 Å². The van der Waals surface area contributed by atoms with Gasteiger partial charge in [0.25, 0.3) is 0 Å². The number of nitrogens with zero attached hydrogens (tertiary/aromatic N) is 1. The summed E-state index contributed by atoms with van der Waals surface area (Å²) in [6, 6.07) is 17.4. The third-order valence-corrected chi connectivity index (χ3v) is 4.69. The van der Waals surface area contributed by atoms with E-state index in [4.69, 9.17) is 0 Å². The average molecular weight is 323 g/mol. The predicted molar refractivity (Wildman–Crippen MR) is 91.7 cm³/mol. The minimum Gasteiger partial charge on any atom is -0.481 e. The van der Waals surface area contributed by atoms with E-state index in [1.807, 2.05) is 61.5 Å². The molecule has 0 bridgehead atoms. The number of carbonyl (C=O) groups is 2. The predicted octanol–water partition coefficient (Wildman–Crippen LogP) is 3.39. The van der Waals surface area contributed by atoms with Crippen LogP contribution in [0.25, 0.3) is 0 Å². The van der Waals surface area contributed by atoms with Crippen molar-refractivity contribution in [3.63, 3.8) is 0 Å². The van der Waals surface area contributed by atoms with Crippen LogP contribution < -0.4 is 0 Å². The Bertz CT molecular complexity index is 742. The number of rotatable bonds is 4. The third-order valence-electron chi connectivity index (χ3n) is 4.69. The van der Waals surface area contributed by atoms with Crippen molar-refractivity contribution in [3.8, 4) is 0 Å². The largest absolute Gasteiger partial charge is 0.481 e. The number of carboxylic acids is 1. The van der Waals surface area contributed by atoms with Gasteiger partial charge in [-0.15, -0.1) is 0 Å². The molecule has 0 aromatic heterocycles. The van der Waals surface area contributed by atoms with Gasteiger partial charge < -0.3 is 10.0 Å². The van der Waals surface area contributed by atoms with E-state index in [2.05, 4.69) is 0 Å². The summed E-state index contributed by atoms with van der Waals surface area (Å²) in [6.07, 6.45) is 0.387. The van der Waals surface area contributed by atoms with Gasteiger partial charge in [0.15, 0.2) is 0 Å². The Balaban J connectivity index is 1.75. The summed E-state index contributed by atoms with van der Waals surface area (Å²) >= 11 is 0. The molecule has 0 saturated carbocycles. The molecule has 1 aliphatic heterocycles. The van der Waals surface area contributed by atoms with Crippen LogP contribution in [-0.4, -0.2) is 28.4 Å². The van der Waals surface area contributed by atoms with Gasteiger partial charge in [-0.2, -0.15) is 0 Å². The number of benzene rings is 2. The molecular formula is C20H21NO3. The second-order valence-corrected chi connectivity index (χ2v) is 6.38. The first-order chi connectivity index (χ1) is 11.6. The van der Waals surface area contributed by atoms with E-state index < -0.39 is 11.9 Å². The van der Waals surface area contributed by atoms with Crippen LogP contribution in [0.2, 0.25) is 0 Å². The van der Waals surface area contributed by atoms with Crippen molar-refractivity contribution in [2.45, 2.75) is 31.7 Å². The van der Waals surface area contributed by atoms with Crippen molar-refractivity contribution in [1.29, 1.82) is 0 Å². The molecule has 2 aromatic carbocycles. The van der Waals surface area contributed by atoms with Gasteiger partial charge in [-0.05, 0) is 22.6 Å². The van der Waals surface area contributed by atoms with Crippen molar-refractivity contribution in [1.82, 2.24) is 4.90 Å². The van der Waals surface area contributed by atoms with Crippen molar-refractivity contribution < 1.29 is 14.7 Å². The Morgan fingerprint density at radius 2 is 1.79 bits per heavy atom. The summed E-state index contributed by atoms with van der Waals surface area (Å²) in [6.45, 7) is 2.76. The second kappa shape index (κ2) is 6.87. The van der Waals surface area contributed by atoms with Crippen LogP contribution in [0.15, 0.2) is 54.6 Å². The van der Waals surface area contributed by atoms with Crippen LogP contribution >= 0.6 is 0 Å². The number of fused-ring (bicyclic) bond motifs is 1. The molecule has 4 nitrogen and oxygen atoms in total. The summed E-state index contributed by atoms with van der Waals surface area (Å²) in [7, 11) is 0. The Morgan fingerprint density at radius 1 is 1.12 bits per heavy atom. The quantitative estimate of drug-likeness (QED) is 0.938. The SMILES string of the molecule is CC(CC(=O)N1Cc2ccccc2C(C(=O)O)C1)c1ccccc1. The fourth-order valence-corrected chi connectivity index (χ4v) is 3.30. The van der Waals surface area contributed by atoms with Crippen LogP contribution in [0.5, 0.6) is 0 Å². The molecule has 3 rings (SSSR count). The van der Waals surface area contributed by atoms with E-state index >= 15 is 0 Å². The highest BCUT2D eigenvalue weighted by Gasteiger charge is 2.32. The molecule has 24 heavy (non-hydrogen) atoms. The summed E-state index contributed by atoms with van der Waals surface area (Å²) in [5.41, 5.74) is 2.88. The van der Waals surface area contributed by atoms with E-state index in [-0.39, 0.29) is 18.4 Å². The average Bonchev–Trinajstić information content (AvgIpc) is 2.61. The maximum Gasteiger partial charge on any atom is 0.312 e. The highest BCUT2D eigenvalue weighted by molar-refractivity contribution is 5.82. The van der Waals surface area contributed by atoms with Crippen molar-refractivity contribution in [3.05, 3.63) is 71.3 Å². The Labute approximate surface area is 141 Å². The van der Waals surface area contributed by atoms with Gasteiger partial charge in [0.05, 0.1) is 5.92 Å². The van der Waals surface area contributed by atoms with Crippen molar-refractivity contribution in [2.24, 2.45) is 0 Å². The smallest absolute Gasteiger partial charge is 0.312 e. The van der Waals surface area contributed by atoms with Crippen molar-refractivity contribution in [2.75, 3.05) is 6.54 Å². The van der Waals surface area contributed by atoms with Gasteiger partial charge in [0, 0.05) is 19.5 Å². The first-order valence-electron chi connectivity index (χ1n) is 8.19. The maximum atomic E-state index is 12.7. The molecule has 1 amide bonds. The highest BCUT2D eigenvalue weighted by atomic mass is 16.4. The third kappa shape index (κ3) is 3.32. The first kappa shape index (κ1) is 16.2. The molecule has 2 aromatic rings. The molecule has 0 aliphatic carbocycles. The van der Waals surface area contributed by atoms with Crippen LogP contribution in [0, 0.1) is 0 Å². The molecule has 124 valence electrons. The van der Waals surface area contributed by atoms with Gasteiger partial charge in [-0.1, -0.05) is 61.5 Å². The van der Waals surface area contributed by atoms with Crippen LogP contribution in [-0.2, 0) is 16.1 Å². The van der Waals surface area contributed by atoms with Gasteiger partial charge in [0.2, 0.25) is 5.91 Å². The lowest BCUT2D eigenvalue weighted by Gasteiger charge is -2.33. The number of carboxylic acid groups (broad SMARTS) is 1. The Kier molecular flexibility index (Phi) is 4.65. The number of hydrogen-bond donors (Lipinski definition) is 1. The van der Waals surface area contributed by atoms with Gasteiger partial charge >= 0.3 is 5.97 Å². The van der Waals surface area contributed by atoms with Gasteiger partial charge in [-0.25, -0.2) is 0 Å². The number of carbonyl (C=O) groups excluding carboxylic acids is 1. The minimum atomic E-state index is -0.879. The fraction of sp³-hybridized carbons (Fsp3) is 0.300. The lowest BCUT2D eigenvalue weighted by Crippen LogP contribution is -2.40. The van der Waals surface area contributed by atoms with E-state index in [0.29, 0.717) is 13.0 Å².